The third kappa shape index (κ3) is 5.90. The molecule has 2 aromatic rings. The second-order valence-corrected chi connectivity index (χ2v) is 6.53. The standard InChI is InChI=1S/C22H23NO9/c1-28-18(8-9-20(25)26)21(15-4-2-3-5-16(15)29-11-10-24)32-22(27)23-14-6-7-17-19(12-14)31-13-30-17/h2-9,12,18,21,24H,10-11,13H2,1H3,(H,23,27)(H,25,26)/b9-8+/t18-,21-/m0/s1. The van der Waals surface area contributed by atoms with E-state index in [0.717, 1.165) is 6.08 Å². The third-order valence-corrected chi connectivity index (χ3v) is 4.43. The van der Waals surface area contributed by atoms with Crippen LogP contribution in [0.25, 0.3) is 0 Å². The lowest BCUT2D eigenvalue weighted by molar-refractivity contribution is -0.131. The maximum atomic E-state index is 12.7. The number of nitrogens with one attached hydrogen (secondary N) is 1. The van der Waals surface area contributed by atoms with Gasteiger partial charge in [0.2, 0.25) is 6.79 Å². The number of aliphatic hydroxyl groups is 1. The Morgan fingerprint density at radius 3 is 2.72 bits per heavy atom. The monoisotopic (exact) mass is 445 g/mol. The summed E-state index contributed by atoms with van der Waals surface area (Å²) in [5.41, 5.74) is 0.849. The van der Waals surface area contributed by atoms with E-state index >= 15 is 0 Å². The average molecular weight is 445 g/mol. The number of carbonyl (C=O) groups excluding carboxylic acids is 1. The average Bonchev–Trinajstić information content (AvgIpc) is 3.25. The number of para-hydroxylation sites is 1. The third-order valence-electron chi connectivity index (χ3n) is 4.43. The van der Waals surface area contributed by atoms with Crippen molar-refractivity contribution < 1.29 is 43.5 Å². The molecule has 0 saturated heterocycles. The normalized spacial score (nSPS) is 14.1. The lowest BCUT2D eigenvalue weighted by atomic mass is 10.0. The van der Waals surface area contributed by atoms with Crippen LogP contribution in [0, 0.1) is 0 Å². The first-order valence-corrected chi connectivity index (χ1v) is 9.65. The van der Waals surface area contributed by atoms with Gasteiger partial charge in [-0.1, -0.05) is 18.2 Å². The van der Waals surface area contributed by atoms with E-state index in [4.69, 9.17) is 33.9 Å². The van der Waals surface area contributed by atoms with Crippen molar-refractivity contribution in [3.8, 4) is 17.2 Å². The minimum Gasteiger partial charge on any atom is -0.491 e. The zero-order valence-electron chi connectivity index (χ0n) is 17.2. The Hall–Kier alpha value is -3.76. The van der Waals surface area contributed by atoms with Gasteiger partial charge in [0.15, 0.2) is 17.6 Å². The molecule has 32 heavy (non-hydrogen) atoms. The lowest BCUT2D eigenvalue weighted by Gasteiger charge is -2.26. The van der Waals surface area contributed by atoms with Gasteiger partial charge in [-0.3, -0.25) is 5.32 Å². The number of fused-ring (bicyclic) bond motifs is 1. The summed E-state index contributed by atoms with van der Waals surface area (Å²) in [7, 11) is 1.36. The van der Waals surface area contributed by atoms with Crippen LogP contribution in [0.1, 0.15) is 11.7 Å². The smallest absolute Gasteiger partial charge is 0.412 e. The van der Waals surface area contributed by atoms with Gasteiger partial charge in [0.05, 0.1) is 6.61 Å². The van der Waals surface area contributed by atoms with Gasteiger partial charge in [0, 0.05) is 30.5 Å². The Bertz CT molecular complexity index is 976. The van der Waals surface area contributed by atoms with Crippen LogP contribution < -0.4 is 19.5 Å². The van der Waals surface area contributed by atoms with Crippen LogP contribution in [0.15, 0.2) is 54.6 Å². The first kappa shape index (κ1) is 22.9. The summed E-state index contributed by atoms with van der Waals surface area (Å²) in [6, 6.07) is 11.6. The fraction of sp³-hybridized carbons (Fsp3) is 0.273. The molecule has 0 unspecified atom stereocenters. The number of benzene rings is 2. The van der Waals surface area contributed by atoms with Crippen molar-refractivity contribution in [3.63, 3.8) is 0 Å². The quantitative estimate of drug-likeness (QED) is 0.472. The Kier molecular flexibility index (Phi) is 7.90. The molecule has 1 aliphatic rings. The molecule has 0 aromatic heterocycles. The molecule has 1 heterocycles. The van der Waals surface area contributed by atoms with Crippen molar-refractivity contribution in [2.24, 2.45) is 0 Å². The SMILES string of the molecule is CO[C@@H](/C=C/C(=O)O)[C@@H](OC(=O)Nc1ccc2c(c1)OCO2)c1ccccc1OCCO. The first-order valence-electron chi connectivity index (χ1n) is 9.65. The predicted octanol–water partition coefficient (Wildman–Crippen LogP) is 2.73. The molecule has 1 amide bonds. The summed E-state index contributed by atoms with van der Waals surface area (Å²) < 4.78 is 27.1. The zero-order valence-corrected chi connectivity index (χ0v) is 17.2. The number of hydrogen-bond donors (Lipinski definition) is 3. The summed E-state index contributed by atoms with van der Waals surface area (Å²) in [4.78, 5) is 23.7. The minimum absolute atomic E-state index is 0.0236. The highest BCUT2D eigenvalue weighted by Gasteiger charge is 2.29. The zero-order chi connectivity index (χ0) is 22.9. The lowest BCUT2D eigenvalue weighted by Crippen LogP contribution is -2.27. The number of ether oxygens (including phenoxy) is 5. The number of rotatable bonds is 10. The molecule has 170 valence electrons. The van der Waals surface area contributed by atoms with E-state index in [2.05, 4.69) is 5.32 Å². The van der Waals surface area contributed by atoms with E-state index in [-0.39, 0.29) is 20.0 Å². The summed E-state index contributed by atoms with van der Waals surface area (Å²) in [6.07, 6.45) is -0.634. The van der Waals surface area contributed by atoms with Crippen molar-refractivity contribution in [2.45, 2.75) is 12.2 Å². The Balaban J connectivity index is 1.85. The maximum Gasteiger partial charge on any atom is 0.412 e. The molecule has 0 aliphatic carbocycles. The highest BCUT2D eigenvalue weighted by Crippen LogP contribution is 2.35. The van der Waals surface area contributed by atoms with E-state index in [9.17, 15) is 9.59 Å². The topological polar surface area (TPSA) is 133 Å². The number of methoxy groups -OCH3 is 1. The Labute approximate surface area is 183 Å². The van der Waals surface area contributed by atoms with Gasteiger partial charge in [-0.25, -0.2) is 9.59 Å². The van der Waals surface area contributed by atoms with Gasteiger partial charge in [-0.15, -0.1) is 0 Å². The molecule has 0 saturated carbocycles. The fourth-order valence-electron chi connectivity index (χ4n) is 3.03. The Morgan fingerprint density at radius 2 is 1.97 bits per heavy atom. The number of aliphatic hydroxyl groups excluding tert-OH is 1. The van der Waals surface area contributed by atoms with E-state index in [1.54, 1.807) is 42.5 Å². The molecule has 2 aromatic carbocycles. The molecule has 3 N–H and O–H groups in total. The molecule has 0 radical (unpaired) electrons. The molecule has 1 aliphatic heterocycles. The van der Waals surface area contributed by atoms with Crippen LogP contribution in [0.5, 0.6) is 17.2 Å². The van der Waals surface area contributed by atoms with Crippen molar-refractivity contribution in [3.05, 3.63) is 60.2 Å². The van der Waals surface area contributed by atoms with Gasteiger partial charge >= 0.3 is 12.1 Å². The fourth-order valence-corrected chi connectivity index (χ4v) is 3.03. The van der Waals surface area contributed by atoms with Crippen molar-refractivity contribution in [2.75, 3.05) is 32.4 Å². The first-order chi connectivity index (χ1) is 15.5. The van der Waals surface area contributed by atoms with Gasteiger partial charge in [0.1, 0.15) is 18.5 Å². The number of carbonyl (C=O) groups is 2. The van der Waals surface area contributed by atoms with E-state index in [1.807, 2.05) is 0 Å². The van der Waals surface area contributed by atoms with Crippen LogP contribution in [0.4, 0.5) is 10.5 Å². The van der Waals surface area contributed by atoms with Gasteiger partial charge in [-0.2, -0.15) is 0 Å². The van der Waals surface area contributed by atoms with Crippen LogP contribution in [0.3, 0.4) is 0 Å². The van der Waals surface area contributed by atoms with Gasteiger partial charge in [0.25, 0.3) is 0 Å². The number of hydrogen-bond acceptors (Lipinski definition) is 8. The Morgan fingerprint density at radius 1 is 1.19 bits per heavy atom. The second kappa shape index (κ2) is 11.0. The second-order valence-electron chi connectivity index (χ2n) is 6.53. The maximum absolute atomic E-state index is 12.7. The molecule has 0 spiro atoms. The number of anilines is 1. The van der Waals surface area contributed by atoms with Crippen molar-refractivity contribution in [1.82, 2.24) is 0 Å². The van der Waals surface area contributed by atoms with Crippen LogP contribution in [0.2, 0.25) is 0 Å². The van der Waals surface area contributed by atoms with Crippen molar-refractivity contribution >= 4 is 17.7 Å². The molecule has 0 fully saturated rings. The van der Waals surface area contributed by atoms with Crippen molar-refractivity contribution in [1.29, 1.82) is 0 Å². The minimum atomic E-state index is -1.18. The van der Waals surface area contributed by atoms with E-state index in [1.165, 1.54) is 13.2 Å². The molecule has 3 rings (SSSR count). The molecule has 10 heteroatoms. The molecular weight excluding hydrogens is 422 g/mol. The largest absolute Gasteiger partial charge is 0.491 e. The highest BCUT2D eigenvalue weighted by atomic mass is 16.7. The van der Waals surface area contributed by atoms with Gasteiger partial charge in [-0.05, 0) is 24.3 Å². The van der Waals surface area contributed by atoms with Crippen LogP contribution in [-0.4, -0.2) is 55.5 Å². The summed E-state index contributed by atoms with van der Waals surface area (Å²) in [6.45, 7) is -0.0891. The molecule has 10 nitrogen and oxygen atoms in total. The van der Waals surface area contributed by atoms with E-state index < -0.39 is 24.3 Å². The van der Waals surface area contributed by atoms with E-state index in [0.29, 0.717) is 28.5 Å². The number of amides is 1. The van der Waals surface area contributed by atoms with Crippen LogP contribution >= 0.6 is 0 Å². The molecule has 2 atom stereocenters. The van der Waals surface area contributed by atoms with Crippen LogP contribution in [-0.2, 0) is 14.3 Å². The molecule has 0 bridgehead atoms. The number of carboxylic acids is 1. The summed E-state index contributed by atoms with van der Waals surface area (Å²) >= 11 is 0. The summed E-state index contributed by atoms with van der Waals surface area (Å²) in [5.74, 6) is 0.227. The summed E-state index contributed by atoms with van der Waals surface area (Å²) in [5, 5.41) is 20.7. The number of aliphatic carboxylic acids is 1. The van der Waals surface area contributed by atoms with Gasteiger partial charge < -0.3 is 33.9 Å². The highest BCUT2D eigenvalue weighted by molar-refractivity contribution is 5.85. The molecular formula is C22H23NO9. The predicted molar refractivity (Wildman–Crippen MR) is 112 cm³/mol. The number of carboxylic acid groups (broad SMARTS) is 1.